The Kier molecular flexibility index (Phi) is 4.37. The summed E-state index contributed by atoms with van der Waals surface area (Å²) in [6.45, 7) is 2.15. The summed E-state index contributed by atoms with van der Waals surface area (Å²) in [7, 11) is 0. The van der Waals surface area contributed by atoms with Gasteiger partial charge in [-0.05, 0) is 62.0 Å². The molecule has 2 aromatic heterocycles. The van der Waals surface area contributed by atoms with Crippen LogP contribution in [0, 0.1) is 5.92 Å². The van der Waals surface area contributed by atoms with Crippen LogP contribution in [0.3, 0.4) is 0 Å². The second kappa shape index (κ2) is 6.99. The Labute approximate surface area is 159 Å². The third-order valence-corrected chi connectivity index (χ3v) is 7.17. The average Bonchev–Trinajstić information content (AvgIpc) is 3.07. The van der Waals surface area contributed by atoms with Crippen molar-refractivity contribution in [2.75, 3.05) is 18.0 Å². The molecule has 3 heterocycles. The van der Waals surface area contributed by atoms with Crippen molar-refractivity contribution in [2.24, 2.45) is 5.92 Å². The molecule has 0 radical (unpaired) electrons. The van der Waals surface area contributed by atoms with Gasteiger partial charge in [-0.1, -0.05) is 30.3 Å². The Balaban J connectivity index is 1.29. The van der Waals surface area contributed by atoms with E-state index in [9.17, 15) is 0 Å². The lowest BCUT2D eigenvalue weighted by atomic mass is 9.90. The molecule has 134 valence electrons. The van der Waals surface area contributed by atoms with Crippen LogP contribution >= 0.6 is 11.3 Å². The van der Waals surface area contributed by atoms with Crippen LogP contribution in [0.5, 0.6) is 0 Å². The first-order chi connectivity index (χ1) is 12.9. The van der Waals surface area contributed by atoms with E-state index in [1.54, 1.807) is 4.88 Å². The lowest BCUT2D eigenvalue weighted by molar-refractivity contribution is 0.401. The van der Waals surface area contributed by atoms with Gasteiger partial charge < -0.3 is 4.90 Å². The minimum absolute atomic E-state index is 0.784. The molecule has 1 saturated heterocycles. The minimum atomic E-state index is 0.784. The number of fused-ring (bicyclic) bond motifs is 3. The van der Waals surface area contributed by atoms with Crippen LogP contribution in [-0.2, 0) is 19.3 Å². The first-order valence-corrected chi connectivity index (χ1v) is 10.7. The maximum Gasteiger partial charge on any atom is 0.226 e. The van der Waals surface area contributed by atoms with E-state index in [2.05, 4.69) is 41.4 Å². The summed E-state index contributed by atoms with van der Waals surface area (Å²) in [5.41, 5.74) is 3.00. The summed E-state index contributed by atoms with van der Waals surface area (Å²) in [5, 5.41) is 1.31. The van der Waals surface area contributed by atoms with Crippen molar-refractivity contribution < 1.29 is 0 Å². The Bertz CT molecular complexity index is 894. The van der Waals surface area contributed by atoms with Gasteiger partial charge in [0.1, 0.15) is 4.83 Å². The van der Waals surface area contributed by atoms with Gasteiger partial charge >= 0.3 is 0 Å². The number of nitrogens with zero attached hydrogens (tertiary/aromatic N) is 3. The molecule has 0 atom stereocenters. The molecule has 1 aromatic carbocycles. The summed E-state index contributed by atoms with van der Waals surface area (Å²) in [6.07, 6.45) is 10.8. The fraction of sp³-hybridized carbons (Fsp3) is 0.455. The normalized spacial score (nSPS) is 18.2. The smallest absolute Gasteiger partial charge is 0.226 e. The van der Waals surface area contributed by atoms with Crippen LogP contribution in [0.4, 0.5) is 5.95 Å². The SMILES string of the molecule is c1ccc(CC2CCN(c3ncc4c5c(sc4n3)CCCC5)CC2)cc1. The third-order valence-electron chi connectivity index (χ3n) is 5.97. The van der Waals surface area contributed by atoms with E-state index in [4.69, 9.17) is 9.97 Å². The predicted molar refractivity (Wildman–Crippen MR) is 109 cm³/mol. The number of piperidine rings is 1. The van der Waals surface area contributed by atoms with E-state index in [1.807, 2.05) is 11.3 Å². The molecule has 0 bridgehead atoms. The Morgan fingerprint density at radius 2 is 1.85 bits per heavy atom. The van der Waals surface area contributed by atoms with Crippen molar-refractivity contribution in [3.05, 3.63) is 52.5 Å². The molecule has 5 rings (SSSR count). The van der Waals surface area contributed by atoms with Gasteiger partial charge in [-0.3, -0.25) is 0 Å². The van der Waals surface area contributed by atoms with Crippen molar-refractivity contribution in [3.8, 4) is 0 Å². The van der Waals surface area contributed by atoms with Gasteiger partial charge in [0.25, 0.3) is 0 Å². The van der Waals surface area contributed by atoms with Crippen molar-refractivity contribution in [2.45, 2.75) is 44.9 Å². The van der Waals surface area contributed by atoms with E-state index in [0.717, 1.165) is 25.0 Å². The zero-order chi connectivity index (χ0) is 17.3. The van der Waals surface area contributed by atoms with Crippen molar-refractivity contribution in [3.63, 3.8) is 0 Å². The number of thiophene rings is 1. The van der Waals surface area contributed by atoms with Gasteiger partial charge in [0.15, 0.2) is 0 Å². The van der Waals surface area contributed by atoms with Gasteiger partial charge in [0, 0.05) is 29.5 Å². The highest BCUT2D eigenvalue weighted by molar-refractivity contribution is 7.18. The predicted octanol–water partition coefficient (Wildman–Crippen LogP) is 5.03. The van der Waals surface area contributed by atoms with Crippen LogP contribution in [0.1, 0.15) is 41.7 Å². The molecule has 0 unspecified atom stereocenters. The first kappa shape index (κ1) is 16.2. The lowest BCUT2D eigenvalue weighted by Crippen LogP contribution is -2.35. The largest absolute Gasteiger partial charge is 0.341 e. The first-order valence-electron chi connectivity index (χ1n) is 9.93. The van der Waals surface area contributed by atoms with Crippen LogP contribution < -0.4 is 4.90 Å². The van der Waals surface area contributed by atoms with E-state index in [0.29, 0.717) is 0 Å². The molecule has 0 N–H and O–H groups in total. The summed E-state index contributed by atoms with van der Waals surface area (Å²) < 4.78 is 0. The fourth-order valence-electron chi connectivity index (χ4n) is 4.47. The van der Waals surface area contributed by atoms with E-state index >= 15 is 0 Å². The van der Waals surface area contributed by atoms with E-state index in [1.165, 1.54) is 66.3 Å². The molecule has 0 saturated carbocycles. The molecule has 2 aliphatic rings. The zero-order valence-electron chi connectivity index (χ0n) is 15.2. The van der Waals surface area contributed by atoms with Crippen LogP contribution in [0.2, 0.25) is 0 Å². The molecule has 1 aliphatic carbocycles. The van der Waals surface area contributed by atoms with Gasteiger partial charge in [0.05, 0.1) is 0 Å². The molecule has 26 heavy (non-hydrogen) atoms. The molecule has 3 aromatic rings. The number of rotatable bonds is 3. The number of hydrogen-bond acceptors (Lipinski definition) is 4. The minimum Gasteiger partial charge on any atom is -0.341 e. The van der Waals surface area contributed by atoms with Crippen molar-refractivity contribution in [1.82, 2.24) is 9.97 Å². The molecular formula is C22H25N3S. The van der Waals surface area contributed by atoms with Gasteiger partial charge in [-0.25, -0.2) is 9.97 Å². The summed E-state index contributed by atoms with van der Waals surface area (Å²) in [4.78, 5) is 14.8. The number of benzene rings is 1. The van der Waals surface area contributed by atoms with Gasteiger partial charge in [-0.15, -0.1) is 11.3 Å². The summed E-state index contributed by atoms with van der Waals surface area (Å²) >= 11 is 1.90. The van der Waals surface area contributed by atoms with Gasteiger partial charge in [0.2, 0.25) is 5.95 Å². The number of aromatic nitrogens is 2. The Hall–Kier alpha value is -1.94. The highest BCUT2D eigenvalue weighted by Gasteiger charge is 2.23. The summed E-state index contributed by atoms with van der Waals surface area (Å²) in [6, 6.07) is 10.9. The van der Waals surface area contributed by atoms with Crippen LogP contribution in [0.25, 0.3) is 10.2 Å². The maximum absolute atomic E-state index is 4.95. The molecule has 0 amide bonds. The number of hydrogen-bond donors (Lipinski definition) is 0. The number of aryl methyl sites for hydroxylation is 2. The molecule has 3 nitrogen and oxygen atoms in total. The molecule has 1 aliphatic heterocycles. The van der Waals surface area contributed by atoms with Crippen LogP contribution in [0.15, 0.2) is 36.5 Å². The third kappa shape index (κ3) is 3.11. The molecule has 1 fully saturated rings. The summed E-state index contributed by atoms with van der Waals surface area (Å²) in [5.74, 6) is 1.72. The van der Waals surface area contributed by atoms with E-state index in [-0.39, 0.29) is 0 Å². The highest BCUT2D eigenvalue weighted by atomic mass is 32.1. The molecule has 4 heteroatoms. The standard InChI is InChI=1S/C22H25N3S/c1-2-6-16(7-3-1)14-17-10-12-25(13-11-17)22-23-15-19-18-8-4-5-9-20(18)26-21(19)24-22/h1-3,6-7,15,17H,4-5,8-14H2. The van der Waals surface area contributed by atoms with Crippen LogP contribution in [-0.4, -0.2) is 23.1 Å². The fourth-order valence-corrected chi connectivity index (χ4v) is 5.70. The van der Waals surface area contributed by atoms with Crippen molar-refractivity contribution in [1.29, 1.82) is 0 Å². The topological polar surface area (TPSA) is 29.0 Å². The Morgan fingerprint density at radius 1 is 1.04 bits per heavy atom. The molecule has 0 spiro atoms. The second-order valence-corrected chi connectivity index (χ2v) is 8.80. The zero-order valence-corrected chi connectivity index (χ0v) is 16.0. The highest BCUT2D eigenvalue weighted by Crippen LogP contribution is 2.36. The average molecular weight is 364 g/mol. The quantitative estimate of drug-likeness (QED) is 0.653. The van der Waals surface area contributed by atoms with Gasteiger partial charge in [-0.2, -0.15) is 0 Å². The Morgan fingerprint density at radius 3 is 2.69 bits per heavy atom. The lowest BCUT2D eigenvalue weighted by Gasteiger charge is -2.32. The van der Waals surface area contributed by atoms with Crippen molar-refractivity contribution >= 4 is 27.5 Å². The monoisotopic (exact) mass is 363 g/mol. The second-order valence-electron chi connectivity index (χ2n) is 7.72. The maximum atomic E-state index is 4.95. The molecular weight excluding hydrogens is 338 g/mol. The van der Waals surface area contributed by atoms with E-state index < -0.39 is 0 Å². The number of anilines is 1.